The molecule has 2 heteroatoms. The van der Waals surface area contributed by atoms with Gasteiger partial charge in [-0.15, -0.1) is 6.58 Å². The fraction of sp³-hybridized carbons (Fsp3) is 0.400. The number of rotatable bonds is 3. The highest BCUT2D eigenvalue weighted by Crippen LogP contribution is 2.27. The molecule has 66 valence electrons. The molecular formula is C10H12F2. The maximum Gasteiger partial charge on any atom is 0.154 e. The van der Waals surface area contributed by atoms with Gasteiger partial charge in [0, 0.05) is 6.42 Å². The summed E-state index contributed by atoms with van der Waals surface area (Å²) in [7, 11) is 0. The van der Waals surface area contributed by atoms with Crippen LogP contribution in [0.3, 0.4) is 0 Å². The highest BCUT2D eigenvalue weighted by Gasteiger charge is 2.15. The van der Waals surface area contributed by atoms with E-state index in [0.29, 0.717) is 0 Å². The molecule has 1 rings (SSSR count). The first-order chi connectivity index (χ1) is 5.74. The summed E-state index contributed by atoms with van der Waals surface area (Å²) in [6, 6.07) is 0. The van der Waals surface area contributed by atoms with Gasteiger partial charge in [-0.2, -0.15) is 0 Å². The van der Waals surface area contributed by atoms with Crippen LogP contribution in [0.1, 0.15) is 19.3 Å². The van der Waals surface area contributed by atoms with E-state index < -0.39 is 11.7 Å². The van der Waals surface area contributed by atoms with Crippen LogP contribution in [0.2, 0.25) is 0 Å². The zero-order chi connectivity index (χ0) is 8.97. The van der Waals surface area contributed by atoms with Gasteiger partial charge >= 0.3 is 0 Å². The molecule has 0 aromatic heterocycles. The Labute approximate surface area is 71.3 Å². The van der Waals surface area contributed by atoms with Crippen LogP contribution in [0, 0.1) is 5.92 Å². The standard InChI is InChI=1S/C10H12F2/c1-2-3-4-8-5-6-9(11)10(12)7-8/h2,5-6,8H,1,3-4,7H2. The second-order valence-electron chi connectivity index (χ2n) is 2.94. The first-order valence-electron chi connectivity index (χ1n) is 4.07. The lowest BCUT2D eigenvalue weighted by molar-refractivity contribution is 0.454. The van der Waals surface area contributed by atoms with Crippen LogP contribution in [-0.4, -0.2) is 0 Å². The molecule has 1 unspecified atom stereocenters. The lowest BCUT2D eigenvalue weighted by Crippen LogP contribution is -2.01. The molecule has 0 heterocycles. The SMILES string of the molecule is C=CCCC1C=CC(F)=C(F)C1. The Morgan fingerprint density at radius 2 is 2.33 bits per heavy atom. The summed E-state index contributed by atoms with van der Waals surface area (Å²) >= 11 is 0. The van der Waals surface area contributed by atoms with Gasteiger partial charge in [-0.3, -0.25) is 0 Å². The molecule has 0 spiro atoms. The molecule has 0 saturated heterocycles. The van der Waals surface area contributed by atoms with Gasteiger partial charge < -0.3 is 0 Å². The molecule has 1 aliphatic rings. The van der Waals surface area contributed by atoms with E-state index >= 15 is 0 Å². The monoisotopic (exact) mass is 170 g/mol. The predicted molar refractivity (Wildman–Crippen MR) is 45.9 cm³/mol. The second-order valence-corrected chi connectivity index (χ2v) is 2.94. The minimum Gasteiger partial charge on any atom is -0.209 e. The van der Waals surface area contributed by atoms with Gasteiger partial charge in [0.1, 0.15) is 5.83 Å². The van der Waals surface area contributed by atoms with E-state index in [1.807, 2.05) is 0 Å². The molecule has 0 N–H and O–H groups in total. The number of halogens is 2. The third kappa shape index (κ3) is 2.29. The fourth-order valence-electron chi connectivity index (χ4n) is 1.24. The Balaban J connectivity index is 2.45. The van der Waals surface area contributed by atoms with E-state index in [1.54, 1.807) is 12.2 Å². The van der Waals surface area contributed by atoms with E-state index in [0.717, 1.165) is 12.8 Å². The van der Waals surface area contributed by atoms with E-state index in [4.69, 9.17) is 0 Å². The van der Waals surface area contributed by atoms with Crippen molar-refractivity contribution in [2.24, 2.45) is 5.92 Å². The molecule has 0 aromatic carbocycles. The molecule has 0 fully saturated rings. The normalized spacial score (nSPS) is 23.0. The minimum absolute atomic E-state index is 0.141. The van der Waals surface area contributed by atoms with Crippen LogP contribution < -0.4 is 0 Å². The third-order valence-corrected chi connectivity index (χ3v) is 1.96. The zero-order valence-corrected chi connectivity index (χ0v) is 6.89. The van der Waals surface area contributed by atoms with Crippen LogP contribution in [0.25, 0.3) is 0 Å². The van der Waals surface area contributed by atoms with Gasteiger partial charge in [0.05, 0.1) is 0 Å². The molecule has 1 aliphatic carbocycles. The van der Waals surface area contributed by atoms with E-state index in [-0.39, 0.29) is 12.3 Å². The first-order valence-corrected chi connectivity index (χ1v) is 4.07. The zero-order valence-electron chi connectivity index (χ0n) is 6.89. The summed E-state index contributed by atoms with van der Waals surface area (Å²) in [6.45, 7) is 3.58. The fourth-order valence-corrected chi connectivity index (χ4v) is 1.24. The average Bonchev–Trinajstić information content (AvgIpc) is 2.07. The molecule has 0 aliphatic heterocycles. The lowest BCUT2D eigenvalue weighted by atomic mass is 9.95. The first kappa shape index (κ1) is 9.17. The highest BCUT2D eigenvalue weighted by atomic mass is 19.2. The van der Waals surface area contributed by atoms with Gasteiger partial charge in [0.2, 0.25) is 0 Å². The van der Waals surface area contributed by atoms with Crippen molar-refractivity contribution in [2.45, 2.75) is 19.3 Å². The Kier molecular flexibility index (Phi) is 3.20. The van der Waals surface area contributed by atoms with E-state index in [1.165, 1.54) is 6.08 Å². The van der Waals surface area contributed by atoms with Crippen LogP contribution >= 0.6 is 0 Å². The third-order valence-electron chi connectivity index (χ3n) is 1.96. The van der Waals surface area contributed by atoms with Crippen molar-refractivity contribution in [1.29, 1.82) is 0 Å². The van der Waals surface area contributed by atoms with Crippen molar-refractivity contribution in [3.05, 3.63) is 36.5 Å². The Morgan fingerprint density at radius 3 is 2.92 bits per heavy atom. The summed E-state index contributed by atoms with van der Waals surface area (Å²) in [4.78, 5) is 0. The van der Waals surface area contributed by atoms with Crippen molar-refractivity contribution in [3.8, 4) is 0 Å². The summed E-state index contributed by atoms with van der Waals surface area (Å²) in [6.07, 6.45) is 6.63. The number of hydrogen-bond donors (Lipinski definition) is 0. The lowest BCUT2D eigenvalue weighted by Gasteiger charge is -2.13. The van der Waals surface area contributed by atoms with Crippen molar-refractivity contribution in [2.75, 3.05) is 0 Å². The van der Waals surface area contributed by atoms with Crippen LogP contribution in [0.4, 0.5) is 8.78 Å². The maximum absolute atomic E-state index is 12.7. The molecular weight excluding hydrogens is 158 g/mol. The summed E-state index contributed by atoms with van der Waals surface area (Å²) in [5, 5.41) is 0. The second kappa shape index (κ2) is 4.19. The minimum atomic E-state index is -0.718. The van der Waals surface area contributed by atoms with Crippen LogP contribution in [0.15, 0.2) is 36.5 Å². The van der Waals surface area contributed by atoms with Gasteiger partial charge in [0.15, 0.2) is 5.83 Å². The van der Waals surface area contributed by atoms with Gasteiger partial charge in [-0.1, -0.05) is 12.2 Å². The van der Waals surface area contributed by atoms with E-state index in [2.05, 4.69) is 6.58 Å². The van der Waals surface area contributed by atoms with Gasteiger partial charge in [-0.05, 0) is 24.8 Å². The maximum atomic E-state index is 12.7. The molecule has 0 aromatic rings. The number of allylic oxidation sites excluding steroid dienone is 5. The predicted octanol–water partition coefficient (Wildman–Crippen LogP) is 3.68. The Bertz CT molecular complexity index is 226. The Morgan fingerprint density at radius 1 is 1.58 bits per heavy atom. The molecule has 0 saturated carbocycles. The van der Waals surface area contributed by atoms with Crippen LogP contribution in [0.5, 0.6) is 0 Å². The average molecular weight is 170 g/mol. The molecule has 0 radical (unpaired) electrons. The van der Waals surface area contributed by atoms with Gasteiger partial charge in [-0.25, -0.2) is 8.78 Å². The molecule has 0 bridgehead atoms. The quantitative estimate of drug-likeness (QED) is 0.567. The topological polar surface area (TPSA) is 0 Å². The molecule has 12 heavy (non-hydrogen) atoms. The number of hydrogen-bond acceptors (Lipinski definition) is 0. The highest BCUT2D eigenvalue weighted by molar-refractivity contribution is 5.21. The molecule has 1 atom stereocenters. The van der Waals surface area contributed by atoms with Crippen molar-refractivity contribution >= 4 is 0 Å². The summed E-state index contributed by atoms with van der Waals surface area (Å²) in [5.41, 5.74) is 0. The largest absolute Gasteiger partial charge is 0.209 e. The summed E-state index contributed by atoms with van der Waals surface area (Å²) < 4.78 is 25.2. The van der Waals surface area contributed by atoms with Crippen molar-refractivity contribution < 1.29 is 8.78 Å². The summed E-state index contributed by atoms with van der Waals surface area (Å²) in [5.74, 6) is -1.20. The molecule has 0 nitrogen and oxygen atoms in total. The van der Waals surface area contributed by atoms with E-state index in [9.17, 15) is 8.78 Å². The Hall–Kier alpha value is -0.920. The molecule has 0 amide bonds. The smallest absolute Gasteiger partial charge is 0.154 e. The van der Waals surface area contributed by atoms with Gasteiger partial charge in [0.25, 0.3) is 0 Å². The van der Waals surface area contributed by atoms with Crippen molar-refractivity contribution in [3.63, 3.8) is 0 Å². The van der Waals surface area contributed by atoms with Crippen molar-refractivity contribution in [1.82, 2.24) is 0 Å². The van der Waals surface area contributed by atoms with Crippen LogP contribution in [-0.2, 0) is 0 Å².